The van der Waals surface area contributed by atoms with Gasteiger partial charge in [0.15, 0.2) is 5.78 Å². The third-order valence-electron chi connectivity index (χ3n) is 3.46. The van der Waals surface area contributed by atoms with E-state index in [9.17, 15) is 4.79 Å². The first-order chi connectivity index (χ1) is 9.81. The van der Waals surface area contributed by atoms with E-state index in [1.807, 2.05) is 12.1 Å². The van der Waals surface area contributed by atoms with Crippen LogP contribution in [0.3, 0.4) is 0 Å². The average Bonchev–Trinajstić information content (AvgIpc) is 2.93. The van der Waals surface area contributed by atoms with Gasteiger partial charge in [-0.25, -0.2) is 0 Å². The summed E-state index contributed by atoms with van der Waals surface area (Å²) in [6.45, 7) is 2.17. The smallest absolute Gasteiger partial charge is 0.188 e. The SMILES string of the molecule is COCCOCCOCC(=O)c1ccc2c(c1)CCC2. The van der Waals surface area contributed by atoms with Crippen LogP contribution in [0.25, 0.3) is 0 Å². The Balaban J connectivity index is 1.67. The number of Topliss-reactive ketones (excluding diaryl/α,β-unsaturated/α-hetero) is 1. The first kappa shape index (κ1) is 15.2. The van der Waals surface area contributed by atoms with Crippen molar-refractivity contribution in [3.63, 3.8) is 0 Å². The van der Waals surface area contributed by atoms with E-state index in [4.69, 9.17) is 14.2 Å². The lowest BCUT2D eigenvalue weighted by molar-refractivity contribution is 0.0253. The van der Waals surface area contributed by atoms with Crippen LogP contribution < -0.4 is 0 Å². The number of hydrogen-bond acceptors (Lipinski definition) is 4. The number of ether oxygens (including phenoxy) is 3. The number of carbonyl (C=O) groups excluding carboxylic acids is 1. The zero-order valence-corrected chi connectivity index (χ0v) is 12.0. The minimum Gasteiger partial charge on any atom is -0.382 e. The molecule has 0 saturated carbocycles. The third-order valence-corrected chi connectivity index (χ3v) is 3.46. The van der Waals surface area contributed by atoms with Gasteiger partial charge in [-0.2, -0.15) is 0 Å². The predicted octanol–water partition coefficient (Wildman–Crippen LogP) is 2.04. The molecule has 0 saturated heterocycles. The van der Waals surface area contributed by atoms with Crippen molar-refractivity contribution in [2.75, 3.05) is 40.1 Å². The molecule has 4 nitrogen and oxygen atoms in total. The zero-order valence-electron chi connectivity index (χ0n) is 12.0. The van der Waals surface area contributed by atoms with E-state index < -0.39 is 0 Å². The van der Waals surface area contributed by atoms with Crippen LogP contribution in [0.15, 0.2) is 18.2 Å². The van der Waals surface area contributed by atoms with Gasteiger partial charge in [0.2, 0.25) is 0 Å². The van der Waals surface area contributed by atoms with Gasteiger partial charge in [-0.15, -0.1) is 0 Å². The second kappa shape index (κ2) is 8.15. The summed E-state index contributed by atoms with van der Waals surface area (Å²) in [6.07, 6.45) is 3.42. The molecule has 2 rings (SSSR count). The molecule has 110 valence electrons. The Morgan fingerprint density at radius 3 is 2.65 bits per heavy atom. The van der Waals surface area contributed by atoms with Gasteiger partial charge >= 0.3 is 0 Å². The summed E-state index contributed by atoms with van der Waals surface area (Å²) in [5.41, 5.74) is 3.46. The van der Waals surface area contributed by atoms with Crippen LogP contribution in [0, 0.1) is 0 Å². The second-order valence-electron chi connectivity index (χ2n) is 4.92. The third kappa shape index (κ3) is 4.40. The van der Waals surface area contributed by atoms with Crippen molar-refractivity contribution >= 4 is 5.78 Å². The number of fused-ring (bicyclic) bond motifs is 1. The lowest BCUT2D eigenvalue weighted by Gasteiger charge is -2.06. The molecule has 0 heterocycles. The quantitative estimate of drug-likeness (QED) is 0.512. The Morgan fingerprint density at radius 2 is 1.80 bits per heavy atom. The molecule has 0 aliphatic heterocycles. The van der Waals surface area contributed by atoms with Crippen molar-refractivity contribution in [1.29, 1.82) is 0 Å². The molecule has 20 heavy (non-hydrogen) atoms. The Morgan fingerprint density at radius 1 is 1.05 bits per heavy atom. The summed E-state index contributed by atoms with van der Waals surface area (Å²) in [5, 5.41) is 0. The lowest BCUT2D eigenvalue weighted by atomic mass is 10.0. The van der Waals surface area contributed by atoms with E-state index >= 15 is 0 Å². The highest BCUT2D eigenvalue weighted by Gasteiger charge is 2.13. The Bertz CT molecular complexity index is 442. The lowest BCUT2D eigenvalue weighted by Crippen LogP contribution is -2.14. The first-order valence-electron chi connectivity index (χ1n) is 7.10. The minimum atomic E-state index is 0.0385. The van der Waals surface area contributed by atoms with Gasteiger partial charge in [0.1, 0.15) is 6.61 Å². The summed E-state index contributed by atoms with van der Waals surface area (Å²) in [5.74, 6) is 0.0385. The molecule has 0 radical (unpaired) electrons. The van der Waals surface area contributed by atoms with Crippen LogP contribution >= 0.6 is 0 Å². The van der Waals surface area contributed by atoms with Gasteiger partial charge in [0.25, 0.3) is 0 Å². The number of rotatable bonds is 9. The van der Waals surface area contributed by atoms with Crippen LogP contribution in [-0.4, -0.2) is 45.9 Å². The van der Waals surface area contributed by atoms with E-state index in [1.54, 1.807) is 7.11 Å². The van der Waals surface area contributed by atoms with Gasteiger partial charge in [-0.3, -0.25) is 4.79 Å². The average molecular weight is 278 g/mol. The summed E-state index contributed by atoms with van der Waals surface area (Å²) in [7, 11) is 1.63. The first-order valence-corrected chi connectivity index (χ1v) is 7.10. The zero-order chi connectivity index (χ0) is 14.2. The molecular weight excluding hydrogens is 256 g/mol. The molecule has 1 aliphatic carbocycles. The van der Waals surface area contributed by atoms with E-state index in [0.717, 1.165) is 18.4 Å². The molecule has 4 heteroatoms. The fraction of sp³-hybridized carbons (Fsp3) is 0.562. The molecular formula is C16H22O4. The summed E-state index contributed by atoms with van der Waals surface area (Å²) in [6, 6.07) is 6.00. The van der Waals surface area contributed by atoms with Gasteiger partial charge in [0.05, 0.1) is 26.4 Å². The number of benzene rings is 1. The summed E-state index contributed by atoms with van der Waals surface area (Å²) >= 11 is 0. The molecule has 0 amide bonds. The van der Waals surface area contributed by atoms with Crippen molar-refractivity contribution in [3.8, 4) is 0 Å². The van der Waals surface area contributed by atoms with Crippen LogP contribution in [0.2, 0.25) is 0 Å². The van der Waals surface area contributed by atoms with Gasteiger partial charge < -0.3 is 14.2 Å². The molecule has 0 atom stereocenters. The Labute approximate surface area is 120 Å². The highest BCUT2D eigenvalue weighted by molar-refractivity contribution is 5.97. The monoisotopic (exact) mass is 278 g/mol. The maximum Gasteiger partial charge on any atom is 0.188 e. The Kier molecular flexibility index (Phi) is 6.18. The second-order valence-corrected chi connectivity index (χ2v) is 4.92. The summed E-state index contributed by atoms with van der Waals surface area (Å²) < 4.78 is 15.5. The molecule has 1 aromatic carbocycles. The molecule has 0 bridgehead atoms. The van der Waals surface area contributed by atoms with Gasteiger partial charge in [0, 0.05) is 12.7 Å². The minimum absolute atomic E-state index is 0.0385. The van der Waals surface area contributed by atoms with Crippen molar-refractivity contribution in [2.24, 2.45) is 0 Å². The number of aryl methyl sites for hydroxylation is 2. The Hall–Kier alpha value is -1.23. The van der Waals surface area contributed by atoms with Crippen LogP contribution in [0.4, 0.5) is 0 Å². The number of hydrogen-bond donors (Lipinski definition) is 0. The van der Waals surface area contributed by atoms with Gasteiger partial charge in [-0.05, 0) is 36.5 Å². The largest absolute Gasteiger partial charge is 0.382 e. The molecule has 0 N–H and O–H groups in total. The fourth-order valence-electron chi connectivity index (χ4n) is 2.36. The maximum absolute atomic E-state index is 12.0. The summed E-state index contributed by atoms with van der Waals surface area (Å²) in [4.78, 5) is 12.0. The van der Waals surface area contributed by atoms with E-state index in [1.165, 1.54) is 17.5 Å². The molecule has 1 aromatic rings. The van der Waals surface area contributed by atoms with E-state index in [-0.39, 0.29) is 12.4 Å². The van der Waals surface area contributed by atoms with Gasteiger partial charge in [-0.1, -0.05) is 12.1 Å². The molecule has 0 spiro atoms. The van der Waals surface area contributed by atoms with Crippen molar-refractivity contribution in [1.82, 2.24) is 0 Å². The molecule has 0 unspecified atom stereocenters. The molecule has 1 aliphatic rings. The number of methoxy groups -OCH3 is 1. The maximum atomic E-state index is 12.0. The highest BCUT2D eigenvalue weighted by atomic mass is 16.5. The van der Waals surface area contributed by atoms with Crippen molar-refractivity contribution in [2.45, 2.75) is 19.3 Å². The van der Waals surface area contributed by atoms with E-state index in [2.05, 4.69) is 6.07 Å². The highest BCUT2D eigenvalue weighted by Crippen LogP contribution is 2.22. The number of carbonyl (C=O) groups is 1. The van der Waals surface area contributed by atoms with Crippen LogP contribution in [-0.2, 0) is 27.1 Å². The standard InChI is InChI=1S/C16H22O4/c1-18-7-8-19-9-10-20-12-16(17)15-6-5-13-3-2-4-14(13)11-15/h5-6,11H,2-4,7-10,12H2,1H3. The number of ketones is 1. The topological polar surface area (TPSA) is 44.8 Å². The fourth-order valence-corrected chi connectivity index (χ4v) is 2.36. The van der Waals surface area contributed by atoms with Crippen molar-refractivity contribution in [3.05, 3.63) is 34.9 Å². The normalized spacial score (nSPS) is 13.4. The van der Waals surface area contributed by atoms with Crippen LogP contribution in [0.5, 0.6) is 0 Å². The molecule has 0 aromatic heterocycles. The van der Waals surface area contributed by atoms with Crippen molar-refractivity contribution < 1.29 is 19.0 Å². The predicted molar refractivity (Wildman–Crippen MR) is 76.3 cm³/mol. The van der Waals surface area contributed by atoms with E-state index in [0.29, 0.717) is 26.4 Å². The molecule has 0 fully saturated rings. The van der Waals surface area contributed by atoms with Crippen LogP contribution in [0.1, 0.15) is 27.9 Å².